The Morgan fingerprint density at radius 3 is 2.71 bits per heavy atom. The van der Waals surface area contributed by atoms with Gasteiger partial charge in [0, 0.05) is 6.07 Å². The van der Waals surface area contributed by atoms with Crippen molar-refractivity contribution in [2.75, 3.05) is 0 Å². The normalized spacial score (nSPS) is 10.2. The van der Waals surface area contributed by atoms with Gasteiger partial charge in [-0.3, -0.25) is 10.1 Å². The predicted octanol–water partition coefficient (Wildman–Crippen LogP) is 4.29. The monoisotopic (exact) mass is 273 g/mol. The third-order valence-electron chi connectivity index (χ3n) is 1.91. The molecule has 2 rings (SSSR count). The second kappa shape index (κ2) is 4.65. The highest BCUT2D eigenvalue weighted by atomic mass is 35.5. The first-order chi connectivity index (χ1) is 8.09. The molecule has 0 bridgehead atoms. The number of nitrogens with zero attached hydrogens (tertiary/aromatic N) is 1. The van der Waals surface area contributed by atoms with Gasteiger partial charge in [-0.2, -0.15) is 0 Å². The Balaban J connectivity index is 2.35. The number of rotatable bonds is 3. The lowest BCUT2D eigenvalue weighted by Gasteiger charge is -2.05. The van der Waals surface area contributed by atoms with Gasteiger partial charge in [-0.05, 0) is 12.1 Å². The van der Waals surface area contributed by atoms with Crippen molar-refractivity contribution < 1.29 is 14.1 Å². The highest BCUT2D eigenvalue weighted by Crippen LogP contribution is 2.38. The highest BCUT2D eigenvalue weighted by molar-refractivity contribution is 6.42. The molecule has 7 heteroatoms. The van der Waals surface area contributed by atoms with Gasteiger partial charge in [0.2, 0.25) is 5.75 Å². The van der Waals surface area contributed by atoms with Crippen LogP contribution in [0.15, 0.2) is 34.9 Å². The molecule has 0 N–H and O–H groups in total. The van der Waals surface area contributed by atoms with E-state index in [1.165, 1.54) is 6.07 Å². The van der Waals surface area contributed by atoms with Crippen molar-refractivity contribution in [3.8, 4) is 11.5 Å². The molecule has 17 heavy (non-hydrogen) atoms. The SMILES string of the molecule is O=[N+]([O-])c1occc1Oc1cccc(Cl)c1Cl. The smallest absolute Gasteiger partial charge is 0.445 e. The minimum atomic E-state index is -0.687. The molecular weight excluding hydrogens is 269 g/mol. The van der Waals surface area contributed by atoms with E-state index in [0.717, 1.165) is 6.26 Å². The molecule has 1 aromatic heterocycles. The van der Waals surface area contributed by atoms with Crippen molar-refractivity contribution in [3.05, 3.63) is 50.7 Å². The quantitative estimate of drug-likeness (QED) is 0.618. The minimum absolute atomic E-state index is 0.0285. The van der Waals surface area contributed by atoms with Gasteiger partial charge in [-0.15, -0.1) is 0 Å². The summed E-state index contributed by atoms with van der Waals surface area (Å²) in [6.07, 6.45) is 1.16. The fraction of sp³-hybridized carbons (Fsp3) is 0. The average molecular weight is 274 g/mol. The zero-order valence-electron chi connectivity index (χ0n) is 8.22. The first kappa shape index (κ1) is 11.8. The van der Waals surface area contributed by atoms with Crippen LogP contribution in [-0.2, 0) is 0 Å². The zero-order valence-corrected chi connectivity index (χ0v) is 9.73. The number of ether oxygens (including phenoxy) is 1. The van der Waals surface area contributed by atoms with E-state index in [1.807, 2.05) is 0 Å². The number of benzene rings is 1. The first-order valence-corrected chi connectivity index (χ1v) is 5.19. The molecular formula is C10H5Cl2NO4. The standard InChI is InChI=1S/C10H5Cl2NO4/c11-6-2-1-3-7(9(6)12)17-8-4-5-16-10(8)13(14)15/h1-5H. The summed E-state index contributed by atoms with van der Waals surface area (Å²) in [5.74, 6) is -0.288. The van der Waals surface area contributed by atoms with Crippen molar-refractivity contribution >= 4 is 29.1 Å². The summed E-state index contributed by atoms with van der Waals surface area (Å²) < 4.78 is 9.94. The summed E-state index contributed by atoms with van der Waals surface area (Å²) in [4.78, 5) is 9.91. The first-order valence-electron chi connectivity index (χ1n) is 4.43. The molecule has 0 amide bonds. The van der Waals surface area contributed by atoms with Crippen LogP contribution in [0.1, 0.15) is 0 Å². The zero-order chi connectivity index (χ0) is 12.4. The van der Waals surface area contributed by atoms with E-state index in [4.69, 9.17) is 27.9 Å². The molecule has 0 fully saturated rings. The van der Waals surface area contributed by atoms with E-state index < -0.39 is 10.8 Å². The second-order valence-corrected chi connectivity index (χ2v) is 3.79. The third-order valence-corrected chi connectivity index (χ3v) is 2.71. The summed E-state index contributed by atoms with van der Waals surface area (Å²) in [5, 5.41) is 11.1. The summed E-state index contributed by atoms with van der Waals surface area (Å²) in [7, 11) is 0. The van der Waals surface area contributed by atoms with Gasteiger partial charge >= 0.3 is 5.88 Å². The summed E-state index contributed by atoms with van der Waals surface area (Å²) in [6, 6.07) is 6.08. The van der Waals surface area contributed by atoms with Crippen molar-refractivity contribution in [1.82, 2.24) is 0 Å². The van der Waals surface area contributed by atoms with Gasteiger partial charge < -0.3 is 9.15 Å². The van der Waals surface area contributed by atoms with E-state index in [0.29, 0.717) is 5.02 Å². The van der Waals surface area contributed by atoms with Gasteiger partial charge in [0.05, 0.1) is 5.02 Å². The molecule has 0 aliphatic rings. The molecule has 0 atom stereocenters. The molecule has 1 aromatic carbocycles. The van der Waals surface area contributed by atoms with Crippen LogP contribution in [0.5, 0.6) is 11.5 Å². The molecule has 5 nitrogen and oxygen atoms in total. The maximum Gasteiger partial charge on any atom is 0.476 e. The largest absolute Gasteiger partial charge is 0.476 e. The maximum atomic E-state index is 10.6. The van der Waals surface area contributed by atoms with Gasteiger partial charge in [0.1, 0.15) is 22.0 Å². The number of furan rings is 1. The van der Waals surface area contributed by atoms with Gasteiger partial charge in [0.25, 0.3) is 0 Å². The Kier molecular flexibility index (Phi) is 3.21. The van der Waals surface area contributed by atoms with E-state index >= 15 is 0 Å². The summed E-state index contributed by atoms with van der Waals surface area (Å²) >= 11 is 11.7. The Morgan fingerprint density at radius 2 is 2.00 bits per heavy atom. The number of hydrogen-bond donors (Lipinski definition) is 0. The third kappa shape index (κ3) is 2.35. The van der Waals surface area contributed by atoms with Crippen LogP contribution >= 0.6 is 23.2 Å². The van der Waals surface area contributed by atoms with Crippen molar-refractivity contribution in [1.29, 1.82) is 0 Å². The van der Waals surface area contributed by atoms with E-state index in [1.54, 1.807) is 18.2 Å². The van der Waals surface area contributed by atoms with Crippen LogP contribution in [-0.4, -0.2) is 4.92 Å². The van der Waals surface area contributed by atoms with Crippen LogP contribution in [0.25, 0.3) is 0 Å². The Hall–Kier alpha value is -1.72. The van der Waals surface area contributed by atoms with Crippen LogP contribution in [0.4, 0.5) is 5.88 Å². The van der Waals surface area contributed by atoms with Crippen LogP contribution in [0.3, 0.4) is 0 Å². The van der Waals surface area contributed by atoms with Crippen molar-refractivity contribution in [2.45, 2.75) is 0 Å². The highest BCUT2D eigenvalue weighted by Gasteiger charge is 2.21. The Labute approximate surface area is 106 Å². The van der Waals surface area contributed by atoms with Gasteiger partial charge in [-0.1, -0.05) is 29.3 Å². The van der Waals surface area contributed by atoms with Crippen LogP contribution < -0.4 is 4.74 Å². The molecule has 0 spiro atoms. The topological polar surface area (TPSA) is 65.5 Å². The van der Waals surface area contributed by atoms with Gasteiger partial charge in [0.15, 0.2) is 0 Å². The van der Waals surface area contributed by atoms with Crippen LogP contribution in [0.2, 0.25) is 10.0 Å². The molecule has 0 saturated carbocycles. The lowest BCUT2D eigenvalue weighted by Crippen LogP contribution is -1.90. The van der Waals surface area contributed by atoms with Crippen molar-refractivity contribution in [3.63, 3.8) is 0 Å². The maximum absolute atomic E-state index is 10.6. The fourth-order valence-corrected chi connectivity index (χ4v) is 1.51. The predicted molar refractivity (Wildman–Crippen MR) is 61.9 cm³/mol. The Bertz CT molecular complexity index is 567. The average Bonchev–Trinajstić information content (AvgIpc) is 2.73. The summed E-state index contributed by atoms with van der Waals surface area (Å²) in [5.41, 5.74) is 0. The molecule has 0 aliphatic heterocycles. The number of hydrogen-bond acceptors (Lipinski definition) is 4. The minimum Gasteiger partial charge on any atom is -0.445 e. The van der Waals surface area contributed by atoms with Crippen LogP contribution in [0, 0.1) is 10.1 Å². The molecule has 0 radical (unpaired) electrons. The lowest BCUT2D eigenvalue weighted by atomic mass is 10.3. The number of halogens is 2. The lowest BCUT2D eigenvalue weighted by molar-refractivity contribution is -0.402. The molecule has 0 aliphatic carbocycles. The fourth-order valence-electron chi connectivity index (χ4n) is 1.18. The molecule has 1 heterocycles. The van der Waals surface area contributed by atoms with Crippen molar-refractivity contribution in [2.24, 2.45) is 0 Å². The van der Waals surface area contributed by atoms with E-state index in [9.17, 15) is 10.1 Å². The molecule has 0 saturated heterocycles. The molecule has 2 aromatic rings. The summed E-state index contributed by atoms with van der Waals surface area (Å²) in [6.45, 7) is 0. The van der Waals surface area contributed by atoms with E-state index in [-0.39, 0.29) is 16.5 Å². The number of nitro groups is 1. The molecule has 88 valence electrons. The van der Waals surface area contributed by atoms with E-state index in [2.05, 4.69) is 4.42 Å². The van der Waals surface area contributed by atoms with Gasteiger partial charge in [-0.25, -0.2) is 0 Å². The molecule has 0 unspecified atom stereocenters. The second-order valence-electron chi connectivity index (χ2n) is 3.00. The Morgan fingerprint density at radius 1 is 1.24 bits per heavy atom.